The highest BCUT2D eigenvalue weighted by molar-refractivity contribution is 5.83. The summed E-state index contributed by atoms with van der Waals surface area (Å²) in [6.07, 6.45) is 2.00. The van der Waals surface area contributed by atoms with Crippen molar-refractivity contribution in [2.75, 3.05) is 0 Å². The van der Waals surface area contributed by atoms with Crippen LogP contribution in [0.25, 0.3) is 10.9 Å². The van der Waals surface area contributed by atoms with Gasteiger partial charge in [-0.3, -0.25) is 0 Å². The molecule has 0 spiro atoms. The van der Waals surface area contributed by atoms with E-state index >= 15 is 0 Å². The Labute approximate surface area is 118 Å². The number of fused-ring (bicyclic) bond motifs is 1. The smallest absolute Gasteiger partial charge is 0.120 e. The van der Waals surface area contributed by atoms with Gasteiger partial charge in [-0.15, -0.1) is 0 Å². The second-order valence-electron chi connectivity index (χ2n) is 5.00. The van der Waals surface area contributed by atoms with Crippen molar-refractivity contribution in [3.05, 3.63) is 65.4 Å². The summed E-state index contributed by atoms with van der Waals surface area (Å²) in [4.78, 5) is 3.27. The molecule has 3 heteroatoms. The zero-order valence-corrected chi connectivity index (χ0v) is 11.5. The van der Waals surface area contributed by atoms with Gasteiger partial charge in [-0.25, -0.2) is 0 Å². The monoisotopic (exact) mass is 266 g/mol. The number of aromatic nitrogens is 1. The maximum absolute atomic E-state index is 5.85. The summed E-state index contributed by atoms with van der Waals surface area (Å²) in [7, 11) is 0. The highest BCUT2D eigenvalue weighted by Crippen LogP contribution is 2.22. The summed E-state index contributed by atoms with van der Waals surface area (Å²) in [5, 5.41) is 1.19. The second kappa shape index (κ2) is 5.39. The van der Waals surface area contributed by atoms with Crippen LogP contribution in [0, 0.1) is 6.92 Å². The molecule has 1 aromatic heterocycles. The summed E-state index contributed by atoms with van der Waals surface area (Å²) in [6.45, 7) is 3.18. The number of benzene rings is 2. The Morgan fingerprint density at radius 2 is 2.05 bits per heavy atom. The predicted octanol–water partition coefficient (Wildman–Crippen LogP) is 3.51. The molecule has 0 fully saturated rings. The minimum atomic E-state index is 0.560. The molecule has 0 amide bonds. The van der Waals surface area contributed by atoms with Crippen LogP contribution in [0.2, 0.25) is 0 Å². The van der Waals surface area contributed by atoms with Gasteiger partial charge in [0.25, 0.3) is 0 Å². The Morgan fingerprint density at radius 1 is 1.15 bits per heavy atom. The summed E-state index contributed by atoms with van der Waals surface area (Å²) >= 11 is 0. The van der Waals surface area contributed by atoms with Crippen molar-refractivity contribution in [3.63, 3.8) is 0 Å². The Balaban J connectivity index is 1.81. The van der Waals surface area contributed by atoms with Crippen LogP contribution in [0.3, 0.4) is 0 Å². The van der Waals surface area contributed by atoms with E-state index in [9.17, 15) is 0 Å². The molecule has 0 unspecified atom stereocenters. The number of ether oxygens (including phenoxy) is 1. The first-order valence-electron chi connectivity index (χ1n) is 6.74. The van der Waals surface area contributed by atoms with Crippen molar-refractivity contribution in [1.82, 2.24) is 4.98 Å². The summed E-state index contributed by atoms with van der Waals surface area (Å²) in [5.41, 5.74) is 10.3. The van der Waals surface area contributed by atoms with Gasteiger partial charge in [0.2, 0.25) is 0 Å². The number of nitrogens with two attached hydrogens (primary N) is 1. The number of aromatic amines is 1. The number of hydrogen-bond acceptors (Lipinski definition) is 2. The van der Waals surface area contributed by atoms with Crippen molar-refractivity contribution in [2.24, 2.45) is 5.73 Å². The van der Waals surface area contributed by atoms with Gasteiger partial charge < -0.3 is 15.5 Å². The predicted molar refractivity (Wildman–Crippen MR) is 81.7 cm³/mol. The zero-order chi connectivity index (χ0) is 13.9. The largest absolute Gasteiger partial charge is 0.489 e. The molecule has 0 aliphatic carbocycles. The standard InChI is InChI=1S/C17H18N2O/c1-12-3-2-4-15(7-12)20-11-14-10-19-17-8-13(9-18)5-6-16(14)17/h2-8,10,19H,9,11,18H2,1H3. The molecule has 3 nitrogen and oxygen atoms in total. The van der Waals surface area contributed by atoms with Crippen LogP contribution in [-0.4, -0.2) is 4.98 Å². The summed E-state index contributed by atoms with van der Waals surface area (Å²) < 4.78 is 5.85. The number of hydrogen-bond donors (Lipinski definition) is 2. The molecule has 3 rings (SSSR count). The molecule has 102 valence electrons. The Morgan fingerprint density at radius 3 is 2.85 bits per heavy atom. The molecular weight excluding hydrogens is 248 g/mol. The van der Waals surface area contributed by atoms with Gasteiger partial charge in [0.1, 0.15) is 12.4 Å². The van der Waals surface area contributed by atoms with E-state index in [1.807, 2.05) is 24.4 Å². The quantitative estimate of drug-likeness (QED) is 0.759. The molecule has 2 aromatic carbocycles. The molecule has 3 N–H and O–H groups in total. The fourth-order valence-corrected chi connectivity index (χ4v) is 2.35. The van der Waals surface area contributed by atoms with Crippen LogP contribution < -0.4 is 10.5 Å². The molecule has 0 saturated heterocycles. The lowest BCUT2D eigenvalue weighted by atomic mass is 10.1. The first kappa shape index (κ1) is 12.8. The van der Waals surface area contributed by atoms with Crippen LogP contribution in [0.5, 0.6) is 5.75 Å². The molecule has 0 bridgehead atoms. The van der Waals surface area contributed by atoms with Crippen molar-refractivity contribution < 1.29 is 4.74 Å². The highest BCUT2D eigenvalue weighted by Gasteiger charge is 2.05. The molecule has 0 atom stereocenters. The summed E-state index contributed by atoms with van der Waals surface area (Å²) in [6, 6.07) is 14.3. The van der Waals surface area contributed by atoms with E-state index in [0.717, 1.165) is 22.4 Å². The van der Waals surface area contributed by atoms with E-state index in [0.29, 0.717) is 13.2 Å². The van der Waals surface area contributed by atoms with Crippen molar-refractivity contribution in [1.29, 1.82) is 0 Å². The van der Waals surface area contributed by atoms with Gasteiger partial charge in [0, 0.05) is 29.2 Å². The lowest BCUT2D eigenvalue weighted by molar-refractivity contribution is 0.307. The van der Waals surface area contributed by atoms with E-state index in [2.05, 4.69) is 36.2 Å². The second-order valence-corrected chi connectivity index (χ2v) is 5.00. The molecule has 0 aliphatic rings. The molecule has 0 aliphatic heterocycles. The Bertz CT molecular complexity index is 731. The van der Waals surface area contributed by atoms with Crippen molar-refractivity contribution in [2.45, 2.75) is 20.1 Å². The van der Waals surface area contributed by atoms with Crippen LogP contribution in [0.1, 0.15) is 16.7 Å². The average molecular weight is 266 g/mol. The number of aryl methyl sites for hydroxylation is 1. The number of nitrogens with one attached hydrogen (secondary N) is 1. The van der Waals surface area contributed by atoms with Crippen molar-refractivity contribution >= 4 is 10.9 Å². The third-order valence-corrected chi connectivity index (χ3v) is 3.45. The third kappa shape index (κ3) is 2.53. The van der Waals surface area contributed by atoms with Crippen LogP contribution >= 0.6 is 0 Å². The topological polar surface area (TPSA) is 51.0 Å². The highest BCUT2D eigenvalue weighted by atomic mass is 16.5. The molecule has 0 saturated carbocycles. The van der Waals surface area contributed by atoms with E-state index in [1.54, 1.807) is 0 Å². The van der Waals surface area contributed by atoms with E-state index in [-0.39, 0.29) is 0 Å². The fourth-order valence-electron chi connectivity index (χ4n) is 2.35. The lowest BCUT2D eigenvalue weighted by Gasteiger charge is -2.06. The van der Waals surface area contributed by atoms with Crippen LogP contribution in [0.15, 0.2) is 48.7 Å². The molecule has 0 radical (unpaired) electrons. The number of rotatable bonds is 4. The lowest BCUT2D eigenvalue weighted by Crippen LogP contribution is -1.96. The van der Waals surface area contributed by atoms with E-state index in [1.165, 1.54) is 10.9 Å². The maximum atomic E-state index is 5.85. The zero-order valence-electron chi connectivity index (χ0n) is 11.5. The van der Waals surface area contributed by atoms with Gasteiger partial charge in [-0.05, 0) is 36.2 Å². The van der Waals surface area contributed by atoms with Gasteiger partial charge in [-0.2, -0.15) is 0 Å². The minimum Gasteiger partial charge on any atom is -0.489 e. The van der Waals surface area contributed by atoms with E-state index in [4.69, 9.17) is 10.5 Å². The summed E-state index contributed by atoms with van der Waals surface area (Å²) in [5.74, 6) is 0.901. The maximum Gasteiger partial charge on any atom is 0.120 e. The van der Waals surface area contributed by atoms with Gasteiger partial charge >= 0.3 is 0 Å². The Kier molecular flexibility index (Phi) is 3.44. The molecule has 1 heterocycles. The Hall–Kier alpha value is -2.26. The SMILES string of the molecule is Cc1cccc(OCc2c[nH]c3cc(CN)ccc23)c1. The fraction of sp³-hybridized carbons (Fsp3) is 0.176. The van der Waals surface area contributed by atoms with E-state index < -0.39 is 0 Å². The first-order valence-corrected chi connectivity index (χ1v) is 6.74. The van der Waals surface area contributed by atoms with Gasteiger partial charge in [-0.1, -0.05) is 24.3 Å². The van der Waals surface area contributed by atoms with Gasteiger partial charge in [0.15, 0.2) is 0 Å². The van der Waals surface area contributed by atoms with Crippen molar-refractivity contribution in [3.8, 4) is 5.75 Å². The van der Waals surface area contributed by atoms with Crippen LogP contribution in [-0.2, 0) is 13.2 Å². The molecule has 3 aromatic rings. The molecular formula is C17H18N2O. The average Bonchev–Trinajstić information content (AvgIpc) is 2.87. The number of H-pyrrole nitrogens is 1. The van der Waals surface area contributed by atoms with Crippen LogP contribution in [0.4, 0.5) is 0 Å². The van der Waals surface area contributed by atoms with Gasteiger partial charge in [0.05, 0.1) is 0 Å². The normalized spacial score (nSPS) is 10.9. The first-order chi connectivity index (χ1) is 9.76. The minimum absolute atomic E-state index is 0.560. The third-order valence-electron chi connectivity index (χ3n) is 3.45. The molecule has 20 heavy (non-hydrogen) atoms.